The normalized spacial score (nSPS) is 21.2. The van der Waals surface area contributed by atoms with E-state index >= 15 is 0 Å². The van der Waals surface area contributed by atoms with E-state index in [-0.39, 0.29) is 42.1 Å². The van der Waals surface area contributed by atoms with Crippen LogP contribution in [0.25, 0.3) is 0 Å². The highest BCUT2D eigenvalue weighted by atomic mass is 35.5. The molecule has 2 N–H and O–H groups in total. The minimum atomic E-state index is -0.338. The van der Waals surface area contributed by atoms with Gasteiger partial charge in [0.25, 0.3) is 5.91 Å². The van der Waals surface area contributed by atoms with Crippen molar-refractivity contribution in [2.45, 2.75) is 31.3 Å². The first-order valence-electron chi connectivity index (χ1n) is 9.65. The Labute approximate surface area is 174 Å². The fourth-order valence-electron chi connectivity index (χ4n) is 3.66. The molecular formula is C22H22ClN3O3. The van der Waals surface area contributed by atoms with Crippen molar-refractivity contribution in [3.05, 3.63) is 64.7 Å². The van der Waals surface area contributed by atoms with Crippen LogP contribution in [0.5, 0.6) is 0 Å². The Kier molecular flexibility index (Phi) is 5.28. The number of carbonyl (C=O) groups excluding carboxylic acids is 3. The third kappa shape index (κ3) is 4.27. The van der Waals surface area contributed by atoms with Gasteiger partial charge in [0.2, 0.25) is 11.8 Å². The molecule has 1 aliphatic heterocycles. The molecule has 0 bridgehead atoms. The molecule has 2 aromatic rings. The lowest BCUT2D eigenvalue weighted by Crippen LogP contribution is -2.39. The molecule has 29 heavy (non-hydrogen) atoms. The van der Waals surface area contributed by atoms with Gasteiger partial charge in [0.05, 0.1) is 12.1 Å². The van der Waals surface area contributed by atoms with Gasteiger partial charge >= 0.3 is 0 Å². The van der Waals surface area contributed by atoms with Crippen LogP contribution in [-0.2, 0) is 9.59 Å². The predicted molar refractivity (Wildman–Crippen MR) is 111 cm³/mol. The zero-order valence-corrected chi connectivity index (χ0v) is 16.8. The highest BCUT2D eigenvalue weighted by Crippen LogP contribution is 2.33. The number of benzene rings is 2. The quantitative estimate of drug-likeness (QED) is 0.791. The fourth-order valence-corrected chi connectivity index (χ4v) is 3.79. The molecule has 0 unspecified atom stereocenters. The summed E-state index contributed by atoms with van der Waals surface area (Å²) in [4.78, 5) is 38.5. The Bertz CT molecular complexity index is 939. The van der Waals surface area contributed by atoms with Crippen molar-refractivity contribution in [1.82, 2.24) is 10.2 Å². The van der Waals surface area contributed by atoms with Crippen molar-refractivity contribution in [2.24, 2.45) is 5.92 Å². The smallest absolute Gasteiger partial charge is 0.251 e. The zero-order valence-electron chi connectivity index (χ0n) is 16.0. The molecule has 0 radical (unpaired) electrons. The maximum absolute atomic E-state index is 12.7. The van der Waals surface area contributed by atoms with Crippen molar-refractivity contribution in [1.29, 1.82) is 0 Å². The molecule has 7 heteroatoms. The number of halogens is 1. The molecule has 2 aromatic carbocycles. The van der Waals surface area contributed by atoms with Crippen LogP contribution < -0.4 is 10.6 Å². The van der Waals surface area contributed by atoms with E-state index < -0.39 is 0 Å². The van der Waals surface area contributed by atoms with Crippen molar-refractivity contribution < 1.29 is 14.4 Å². The van der Waals surface area contributed by atoms with Crippen LogP contribution in [0.1, 0.15) is 41.2 Å². The van der Waals surface area contributed by atoms with Gasteiger partial charge in [-0.05, 0) is 54.8 Å². The number of likely N-dealkylation sites (tertiary alicyclic amines) is 1. The molecule has 150 valence electrons. The molecule has 1 saturated heterocycles. The van der Waals surface area contributed by atoms with Crippen LogP contribution in [0, 0.1) is 5.92 Å². The van der Waals surface area contributed by atoms with Crippen LogP contribution in [0.4, 0.5) is 5.69 Å². The Hall–Kier alpha value is -2.86. The second kappa shape index (κ2) is 7.87. The number of hydrogen-bond donors (Lipinski definition) is 2. The van der Waals surface area contributed by atoms with Crippen LogP contribution in [0.3, 0.4) is 0 Å². The highest BCUT2D eigenvalue weighted by molar-refractivity contribution is 6.30. The third-order valence-corrected chi connectivity index (χ3v) is 5.73. The van der Waals surface area contributed by atoms with E-state index in [1.165, 1.54) is 0 Å². The summed E-state index contributed by atoms with van der Waals surface area (Å²) in [5.74, 6) is -0.120. The lowest BCUT2D eigenvalue weighted by Gasteiger charge is -2.26. The van der Waals surface area contributed by atoms with Gasteiger partial charge in [-0.25, -0.2) is 0 Å². The monoisotopic (exact) mass is 411 g/mol. The van der Waals surface area contributed by atoms with E-state index in [1.54, 1.807) is 48.3 Å². The number of rotatable bonds is 5. The second-order valence-electron chi connectivity index (χ2n) is 7.63. The molecule has 2 aliphatic rings. The summed E-state index contributed by atoms with van der Waals surface area (Å²) in [5, 5.41) is 6.46. The first-order chi connectivity index (χ1) is 13.9. The molecule has 2 fully saturated rings. The van der Waals surface area contributed by atoms with Gasteiger partial charge in [0, 0.05) is 35.7 Å². The summed E-state index contributed by atoms with van der Waals surface area (Å²) in [6.07, 6.45) is 2.12. The van der Waals surface area contributed by atoms with E-state index in [0.29, 0.717) is 16.3 Å². The number of amides is 3. The predicted octanol–water partition coefficient (Wildman–Crippen LogP) is 3.39. The summed E-state index contributed by atoms with van der Waals surface area (Å²) in [6, 6.07) is 13.5. The van der Waals surface area contributed by atoms with Gasteiger partial charge in [-0.2, -0.15) is 0 Å². The van der Waals surface area contributed by atoms with Gasteiger partial charge < -0.3 is 15.5 Å². The molecular weight excluding hydrogens is 390 g/mol. The van der Waals surface area contributed by atoms with Gasteiger partial charge in [-0.1, -0.05) is 23.7 Å². The topological polar surface area (TPSA) is 78.5 Å². The number of likely N-dealkylation sites (N-methyl/N-ethyl adjacent to an activating group) is 1. The van der Waals surface area contributed by atoms with E-state index in [0.717, 1.165) is 18.4 Å². The van der Waals surface area contributed by atoms with Crippen LogP contribution in [0.2, 0.25) is 5.02 Å². The third-order valence-electron chi connectivity index (χ3n) is 5.48. The highest BCUT2D eigenvalue weighted by Gasteiger charge is 2.39. The SMILES string of the molecule is CN1C(=O)C[C@H](NC(=O)c2ccc(NC(=O)C3CC3)cc2)[C@@H]1c1ccc(Cl)cc1. The minimum Gasteiger partial charge on any atom is -0.346 e. The van der Waals surface area contributed by atoms with Gasteiger partial charge in [0.1, 0.15) is 0 Å². The summed E-state index contributed by atoms with van der Waals surface area (Å²) in [6.45, 7) is 0. The molecule has 0 spiro atoms. The molecule has 6 nitrogen and oxygen atoms in total. The van der Waals surface area contributed by atoms with Crippen molar-refractivity contribution in [3.8, 4) is 0 Å². The molecule has 0 aromatic heterocycles. The van der Waals surface area contributed by atoms with E-state index in [1.807, 2.05) is 12.1 Å². The Morgan fingerprint density at radius 2 is 1.69 bits per heavy atom. The average molecular weight is 412 g/mol. The van der Waals surface area contributed by atoms with Crippen LogP contribution >= 0.6 is 11.6 Å². The van der Waals surface area contributed by atoms with Crippen molar-refractivity contribution in [2.75, 3.05) is 12.4 Å². The maximum Gasteiger partial charge on any atom is 0.251 e. The number of carbonyl (C=O) groups is 3. The lowest BCUT2D eigenvalue weighted by molar-refractivity contribution is -0.127. The lowest BCUT2D eigenvalue weighted by atomic mass is 10.00. The standard InChI is InChI=1S/C22H22ClN3O3/c1-26-19(27)12-18(20(26)13-4-8-16(23)9-5-13)25-22(29)15-6-10-17(11-7-15)24-21(28)14-2-3-14/h4-11,14,18,20H,2-3,12H2,1H3,(H,24,28)(H,25,29)/t18-,20-/m0/s1. The van der Waals surface area contributed by atoms with Gasteiger partial charge in [-0.15, -0.1) is 0 Å². The van der Waals surface area contributed by atoms with Gasteiger partial charge in [-0.3, -0.25) is 14.4 Å². The van der Waals surface area contributed by atoms with Crippen LogP contribution in [0.15, 0.2) is 48.5 Å². The fraction of sp³-hybridized carbons (Fsp3) is 0.318. The molecule has 1 saturated carbocycles. The summed E-state index contributed by atoms with van der Waals surface area (Å²) < 4.78 is 0. The van der Waals surface area contributed by atoms with E-state index in [4.69, 9.17) is 11.6 Å². The van der Waals surface area contributed by atoms with E-state index in [9.17, 15) is 14.4 Å². The number of anilines is 1. The first-order valence-corrected chi connectivity index (χ1v) is 10.0. The first kappa shape index (κ1) is 19.5. The Morgan fingerprint density at radius 3 is 2.31 bits per heavy atom. The minimum absolute atomic E-state index is 0.0200. The number of hydrogen-bond acceptors (Lipinski definition) is 3. The van der Waals surface area contributed by atoms with E-state index in [2.05, 4.69) is 10.6 Å². The Balaban J connectivity index is 1.45. The maximum atomic E-state index is 12.7. The van der Waals surface area contributed by atoms with Crippen LogP contribution in [-0.4, -0.2) is 35.7 Å². The summed E-state index contributed by atoms with van der Waals surface area (Å²) in [5.41, 5.74) is 2.07. The van der Waals surface area contributed by atoms with Gasteiger partial charge in [0.15, 0.2) is 0 Å². The Morgan fingerprint density at radius 1 is 1.03 bits per heavy atom. The molecule has 1 aliphatic carbocycles. The zero-order chi connectivity index (χ0) is 20.5. The molecule has 4 rings (SSSR count). The van der Waals surface area contributed by atoms with Crippen molar-refractivity contribution in [3.63, 3.8) is 0 Å². The number of nitrogens with zero attached hydrogens (tertiary/aromatic N) is 1. The second-order valence-corrected chi connectivity index (χ2v) is 8.06. The largest absolute Gasteiger partial charge is 0.346 e. The average Bonchev–Trinajstić information content (AvgIpc) is 3.51. The molecule has 2 atom stereocenters. The molecule has 1 heterocycles. The number of nitrogens with one attached hydrogen (secondary N) is 2. The van der Waals surface area contributed by atoms with Crippen molar-refractivity contribution >= 4 is 35.0 Å². The molecule has 3 amide bonds. The summed E-state index contributed by atoms with van der Waals surface area (Å²) >= 11 is 5.97. The summed E-state index contributed by atoms with van der Waals surface area (Å²) in [7, 11) is 1.74.